The lowest BCUT2D eigenvalue weighted by atomic mass is 9.99. The Kier molecular flexibility index (Phi) is 5.05. The van der Waals surface area contributed by atoms with Gasteiger partial charge in [0.25, 0.3) is 11.6 Å². The molecule has 0 aromatic heterocycles. The van der Waals surface area contributed by atoms with Gasteiger partial charge in [0.05, 0.1) is 4.92 Å². The van der Waals surface area contributed by atoms with E-state index in [0.717, 1.165) is 19.3 Å². The lowest BCUT2D eigenvalue weighted by Crippen LogP contribution is -2.53. The number of likely N-dealkylation sites (tertiary alicyclic amines) is 1. The molecule has 0 spiro atoms. The van der Waals surface area contributed by atoms with Gasteiger partial charge in [0, 0.05) is 41.9 Å². The lowest BCUT2D eigenvalue weighted by molar-refractivity contribution is -0.385. The number of carbonyl (C=O) groups excluding carboxylic acids is 2. The highest BCUT2D eigenvalue weighted by molar-refractivity contribution is 5.98. The molecule has 8 heteroatoms. The smallest absolute Gasteiger partial charge is 0.272 e. The Morgan fingerprint density at radius 2 is 1.93 bits per heavy atom. The van der Waals surface area contributed by atoms with Crippen molar-refractivity contribution in [3.05, 3.63) is 39.4 Å². The molecule has 3 atom stereocenters. The molecule has 150 valence electrons. The number of nitrogens with one attached hydrogen (secondary N) is 2. The number of piperidine rings is 1. The van der Waals surface area contributed by atoms with Gasteiger partial charge < -0.3 is 15.5 Å². The largest absolute Gasteiger partial charge is 0.351 e. The number of nitro groups is 1. The fourth-order valence-corrected chi connectivity index (χ4v) is 4.91. The molecule has 3 aliphatic rings. The summed E-state index contributed by atoms with van der Waals surface area (Å²) in [7, 11) is 0. The van der Waals surface area contributed by atoms with E-state index in [2.05, 4.69) is 10.6 Å². The van der Waals surface area contributed by atoms with Crippen LogP contribution in [0.15, 0.2) is 18.2 Å². The van der Waals surface area contributed by atoms with Gasteiger partial charge in [-0.3, -0.25) is 19.7 Å². The minimum Gasteiger partial charge on any atom is -0.351 e. The number of nitro benzene ring substituents is 1. The molecule has 0 aliphatic carbocycles. The summed E-state index contributed by atoms with van der Waals surface area (Å²) in [6, 6.07) is 5.07. The molecular weight excluding hydrogens is 360 g/mol. The molecule has 3 heterocycles. The molecule has 2 bridgehead atoms. The Morgan fingerprint density at radius 3 is 2.57 bits per heavy atom. The van der Waals surface area contributed by atoms with Crippen LogP contribution < -0.4 is 10.6 Å². The normalized spacial score (nSPS) is 29.0. The highest BCUT2D eigenvalue weighted by Crippen LogP contribution is 2.28. The van der Waals surface area contributed by atoms with E-state index in [0.29, 0.717) is 36.2 Å². The number of fused-ring (bicyclic) bond motifs is 2. The summed E-state index contributed by atoms with van der Waals surface area (Å²) in [4.78, 5) is 38.0. The topological polar surface area (TPSA) is 105 Å². The minimum atomic E-state index is -0.462. The van der Waals surface area contributed by atoms with Gasteiger partial charge >= 0.3 is 0 Å². The molecule has 3 aliphatic heterocycles. The molecule has 3 saturated heterocycles. The zero-order valence-electron chi connectivity index (χ0n) is 16.0. The molecule has 0 saturated carbocycles. The molecule has 3 fully saturated rings. The number of amides is 2. The number of hydrogen-bond acceptors (Lipinski definition) is 5. The number of nitrogens with zero attached hydrogens (tertiary/aromatic N) is 2. The van der Waals surface area contributed by atoms with E-state index < -0.39 is 11.0 Å². The Bertz CT molecular complexity index is 799. The van der Waals surface area contributed by atoms with Crippen LogP contribution in [0.2, 0.25) is 0 Å². The maximum atomic E-state index is 13.0. The minimum absolute atomic E-state index is 0.00666. The molecule has 28 heavy (non-hydrogen) atoms. The fraction of sp³-hybridized carbons (Fsp3) is 0.600. The third-order valence-corrected chi connectivity index (χ3v) is 6.28. The number of carbonyl (C=O) groups is 2. The first-order valence-electron chi connectivity index (χ1n) is 10.0. The zero-order valence-corrected chi connectivity index (χ0v) is 16.0. The Morgan fingerprint density at radius 1 is 1.21 bits per heavy atom. The van der Waals surface area contributed by atoms with Crippen LogP contribution in [-0.2, 0) is 4.79 Å². The summed E-state index contributed by atoms with van der Waals surface area (Å²) in [5, 5.41) is 17.7. The van der Waals surface area contributed by atoms with E-state index >= 15 is 0 Å². The molecule has 2 N–H and O–H groups in total. The molecule has 1 aromatic carbocycles. The molecular formula is C20H26N4O4. The Balaban J connectivity index is 1.44. The first-order valence-corrected chi connectivity index (χ1v) is 10.0. The van der Waals surface area contributed by atoms with Crippen LogP contribution in [0.1, 0.15) is 54.4 Å². The molecule has 8 nitrogen and oxygen atoms in total. The van der Waals surface area contributed by atoms with Crippen molar-refractivity contribution < 1.29 is 14.5 Å². The Labute approximate surface area is 163 Å². The van der Waals surface area contributed by atoms with E-state index in [4.69, 9.17) is 0 Å². The van der Waals surface area contributed by atoms with Crippen molar-refractivity contribution >= 4 is 17.5 Å². The fourth-order valence-electron chi connectivity index (χ4n) is 4.91. The van der Waals surface area contributed by atoms with Gasteiger partial charge in [-0.05, 0) is 57.6 Å². The van der Waals surface area contributed by atoms with Crippen molar-refractivity contribution in [1.29, 1.82) is 0 Å². The molecule has 1 aromatic rings. The standard InChI is InChI=1S/C20H26N4O4/c1-12-9-13(4-7-17(12)24(27)28)20(26)23-8-2-3-18(23)19(25)22-16-10-14-5-6-15(11-16)21-14/h4,7,9,14-16,18,21H,2-3,5-6,8,10-11H2,1H3,(H,22,25). The van der Waals surface area contributed by atoms with Crippen LogP contribution in [0.5, 0.6) is 0 Å². The van der Waals surface area contributed by atoms with Crippen LogP contribution in [0.3, 0.4) is 0 Å². The van der Waals surface area contributed by atoms with Crippen molar-refractivity contribution in [2.75, 3.05) is 6.54 Å². The van der Waals surface area contributed by atoms with Crippen LogP contribution in [0, 0.1) is 17.0 Å². The average Bonchev–Trinajstić information content (AvgIpc) is 3.27. The maximum Gasteiger partial charge on any atom is 0.272 e. The van der Waals surface area contributed by atoms with E-state index in [1.807, 2.05) is 0 Å². The van der Waals surface area contributed by atoms with Gasteiger partial charge in [-0.2, -0.15) is 0 Å². The van der Waals surface area contributed by atoms with Gasteiger partial charge in [-0.25, -0.2) is 0 Å². The number of benzene rings is 1. The summed E-state index contributed by atoms with van der Waals surface area (Å²) >= 11 is 0. The molecule has 2 amide bonds. The second-order valence-corrected chi connectivity index (χ2v) is 8.23. The quantitative estimate of drug-likeness (QED) is 0.608. The molecule has 0 radical (unpaired) electrons. The summed E-state index contributed by atoms with van der Waals surface area (Å²) in [5.74, 6) is -0.309. The Hall–Kier alpha value is -2.48. The van der Waals surface area contributed by atoms with Crippen molar-refractivity contribution in [2.45, 2.75) is 69.6 Å². The summed E-state index contributed by atoms with van der Waals surface area (Å²) in [6.07, 6.45) is 5.68. The number of hydrogen-bond donors (Lipinski definition) is 2. The van der Waals surface area contributed by atoms with Crippen molar-refractivity contribution in [1.82, 2.24) is 15.5 Å². The average molecular weight is 386 g/mol. The third kappa shape index (κ3) is 3.61. The SMILES string of the molecule is Cc1cc(C(=O)N2CCCC2C(=O)NC2CC3CCC(C2)N3)ccc1[N+](=O)[O-]. The van der Waals surface area contributed by atoms with Gasteiger partial charge in [-0.1, -0.05) is 0 Å². The summed E-state index contributed by atoms with van der Waals surface area (Å²) in [6.45, 7) is 2.15. The van der Waals surface area contributed by atoms with E-state index in [1.165, 1.54) is 31.0 Å². The highest BCUT2D eigenvalue weighted by atomic mass is 16.6. The monoisotopic (exact) mass is 386 g/mol. The van der Waals surface area contributed by atoms with Gasteiger partial charge in [0.15, 0.2) is 0 Å². The summed E-state index contributed by atoms with van der Waals surface area (Å²) in [5.41, 5.74) is 0.830. The number of rotatable bonds is 4. The second kappa shape index (κ2) is 7.50. The van der Waals surface area contributed by atoms with E-state index in [1.54, 1.807) is 11.8 Å². The van der Waals surface area contributed by atoms with E-state index in [9.17, 15) is 19.7 Å². The second-order valence-electron chi connectivity index (χ2n) is 8.23. The molecule has 4 rings (SSSR count). The maximum absolute atomic E-state index is 13.0. The first-order chi connectivity index (χ1) is 13.4. The van der Waals surface area contributed by atoms with Crippen LogP contribution in [-0.4, -0.2) is 52.3 Å². The van der Waals surface area contributed by atoms with Crippen molar-refractivity contribution in [3.63, 3.8) is 0 Å². The number of aryl methyl sites for hydroxylation is 1. The third-order valence-electron chi connectivity index (χ3n) is 6.28. The lowest BCUT2D eigenvalue weighted by Gasteiger charge is -2.32. The van der Waals surface area contributed by atoms with E-state index in [-0.39, 0.29) is 23.5 Å². The summed E-state index contributed by atoms with van der Waals surface area (Å²) < 4.78 is 0. The predicted molar refractivity (Wildman–Crippen MR) is 103 cm³/mol. The highest BCUT2D eigenvalue weighted by Gasteiger charge is 2.38. The van der Waals surface area contributed by atoms with Gasteiger partial charge in [-0.15, -0.1) is 0 Å². The predicted octanol–water partition coefficient (Wildman–Crippen LogP) is 1.91. The molecule has 3 unspecified atom stereocenters. The van der Waals surface area contributed by atoms with Crippen LogP contribution in [0.4, 0.5) is 5.69 Å². The van der Waals surface area contributed by atoms with Gasteiger partial charge in [0.2, 0.25) is 5.91 Å². The van der Waals surface area contributed by atoms with Crippen molar-refractivity contribution in [3.8, 4) is 0 Å². The first kappa shape index (κ1) is 18.9. The van der Waals surface area contributed by atoms with Crippen molar-refractivity contribution in [2.24, 2.45) is 0 Å². The van der Waals surface area contributed by atoms with Crippen LogP contribution >= 0.6 is 0 Å². The zero-order chi connectivity index (χ0) is 19.8. The van der Waals surface area contributed by atoms with Crippen LogP contribution in [0.25, 0.3) is 0 Å². The van der Waals surface area contributed by atoms with Gasteiger partial charge in [0.1, 0.15) is 6.04 Å².